The minimum Gasteiger partial charge on any atom is -0.336 e. The van der Waals surface area contributed by atoms with Crippen molar-refractivity contribution in [1.82, 2.24) is 9.88 Å². The summed E-state index contributed by atoms with van der Waals surface area (Å²) in [6.07, 6.45) is 4.76. The van der Waals surface area contributed by atoms with Gasteiger partial charge in [0.05, 0.1) is 0 Å². The van der Waals surface area contributed by atoms with Crippen LogP contribution in [0.15, 0.2) is 23.1 Å². The number of carbonyl (C=O) groups is 1. The number of hydrogen-bond donors (Lipinski definition) is 1. The maximum atomic E-state index is 12.3. The van der Waals surface area contributed by atoms with Crippen molar-refractivity contribution in [3.63, 3.8) is 0 Å². The lowest BCUT2D eigenvalue weighted by Gasteiger charge is -2.26. The summed E-state index contributed by atoms with van der Waals surface area (Å²) >= 11 is 0. The van der Waals surface area contributed by atoms with Crippen molar-refractivity contribution in [2.45, 2.75) is 46.1 Å². The monoisotopic (exact) mass is 250 g/mol. The molecule has 0 unspecified atom stereocenters. The first kappa shape index (κ1) is 14.5. The molecule has 0 bridgehead atoms. The molecule has 0 radical (unpaired) electrons. The van der Waals surface area contributed by atoms with Gasteiger partial charge >= 0.3 is 0 Å². The molecule has 18 heavy (non-hydrogen) atoms. The largest absolute Gasteiger partial charge is 0.336 e. The van der Waals surface area contributed by atoms with Crippen molar-refractivity contribution in [3.8, 4) is 0 Å². The molecule has 0 aliphatic carbocycles. The van der Waals surface area contributed by atoms with Gasteiger partial charge in [-0.1, -0.05) is 19.8 Å². The van der Waals surface area contributed by atoms with Gasteiger partial charge in [-0.05, 0) is 26.3 Å². The van der Waals surface area contributed by atoms with Crippen LogP contribution in [0.1, 0.15) is 50.4 Å². The average molecular weight is 250 g/mol. The molecule has 1 heterocycles. The number of carbonyl (C=O) groups excluding carboxylic acids is 1. The molecule has 4 nitrogen and oxygen atoms in total. The fraction of sp³-hybridized carbons (Fsp3) is 0.571. The highest BCUT2D eigenvalue weighted by Gasteiger charge is 2.18. The van der Waals surface area contributed by atoms with Gasteiger partial charge in [0.2, 0.25) is 5.56 Å². The molecule has 0 saturated heterocycles. The van der Waals surface area contributed by atoms with Crippen LogP contribution in [0.2, 0.25) is 0 Å². The SMILES string of the molecule is CCCCCN(C(=O)c1cc[nH]c(=O)c1)C(C)C. The third kappa shape index (κ3) is 4.02. The Labute approximate surface area is 108 Å². The van der Waals surface area contributed by atoms with E-state index in [1.165, 1.54) is 12.3 Å². The Kier molecular flexibility index (Phi) is 5.62. The van der Waals surface area contributed by atoms with Crippen molar-refractivity contribution >= 4 is 5.91 Å². The van der Waals surface area contributed by atoms with E-state index in [4.69, 9.17) is 0 Å². The Morgan fingerprint density at radius 3 is 2.67 bits per heavy atom. The summed E-state index contributed by atoms with van der Waals surface area (Å²) in [5.74, 6) is -0.0628. The van der Waals surface area contributed by atoms with Crippen LogP contribution < -0.4 is 5.56 Å². The van der Waals surface area contributed by atoms with Crippen molar-refractivity contribution in [1.29, 1.82) is 0 Å². The zero-order chi connectivity index (χ0) is 13.5. The summed E-state index contributed by atoms with van der Waals surface area (Å²) in [7, 11) is 0. The Morgan fingerprint density at radius 1 is 1.39 bits per heavy atom. The fourth-order valence-corrected chi connectivity index (χ4v) is 1.87. The van der Waals surface area contributed by atoms with Gasteiger partial charge in [0, 0.05) is 30.4 Å². The van der Waals surface area contributed by atoms with E-state index in [2.05, 4.69) is 11.9 Å². The lowest BCUT2D eigenvalue weighted by Crippen LogP contribution is -2.38. The van der Waals surface area contributed by atoms with E-state index >= 15 is 0 Å². The third-order valence-electron chi connectivity index (χ3n) is 2.91. The van der Waals surface area contributed by atoms with Crippen LogP contribution in [0.3, 0.4) is 0 Å². The van der Waals surface area contributed by atoms with Gasteiger partial charge in [-0.2, -0.15) is 0 Å². The molecule has 0 fully saturated rings. The zero-order valence-electron chi connectivity index (χ0n) is 11.4. The Bertz CT molecular complexity index is 437. The number of nitrogens with zero attached hydrogens (tertiary/aromatic N) is 1. The molecule has 0 saturated carbocycles. The van der Waals surface area contributed by atoms with E-state index in [0.29, 0.717) is 5.56 Å². The topological polar surface area (TPSA) is 53.2 Å². The van der Waals surface area contributed by atoms with Crippen LogP contribution in [0.5, 0.6) is 0 Å². The summed E-state index contributed by atoms with van der Waals surface area (Å²) < 4.78 is 0. The standard InChI is InChI=1S/C14H22N2O2/c1-4-5-6-9-16(11(2)3)14(18)12-7-8-15-13(17)10-12/h7-8,10-11H,4-6,9H2,1-3H3,(H,15,17). The smallest absolute Gasteiger partial charge is 0.254 e. The summed E-state index contributed by atoms with van der Waals surface area (Å²) in [6.45, 7) is 6.88. The van der Waals surface area contributed by atoms with Gasteiger partial charge < -0.3 is 9.88 Å². The first-order valence-electron chi connectivity index (χ1n) is 6.56. The second-order valence-corrected chi connectivity index (χ2v) is 4.74. The molecule has 1 N–H and O–H groups in total. The summed E-state index contributed by atoms with van der Waals surface area (Å²) in [4.78, 5) is 27.9. The van der Waals surface area contributed by atoms with E-state index in [1.807, 2.05) is 18.7 Å². The van der Waals surface area contributed by atoms with Crippen molar-refractivity contribution < 1.29 is 4.79 Å². The number of nitrogens with one attached hydrogen (secondary N) is 1. The van der Waals surface area contributed by atoms with Crippen molar-refractivity contribution in [2.24, 2.45) is 0 Å². The van der Waals surface area contributed by atoms with Crippen LogP contribution in [0.4, 0.5) is 0 Å². The molecule has 0 spiro atoms. The number of pyridine rings is 1. The average Bonchev–Trinajstić information content (AvgIpc) is 2.33. The molecule has 0 aromatic carbocycles. The summed E-state index contributed by atoms with van der Waals surface area (Å²) in [5, 5.41) is 0. The molecule has 0 aliphatic heterocycles. The molecule has 1 amide bonds. The predicted molar refractivity (Wildman–Crippen MR) is 72.8 cm³/mol. The number of hydrogen-bond acceptors (Lipinski definition) is 2. The van der Waals surface area contributed by atoms with E-state index in [9.17, 15) is 9.59 Å². The van der Waals surface area contributed by atoms with Crippen LogP contribution >= 0.6 is 0 Å². The Balaban J connectivity index is 2.79. The van der Waals surface area contributed by atoms with Gasteiger partial charge in [0.15, 0.2) is 0 Å². The number of amides is 1. The minimum absolute atomic E-state index is 0.0628. The number of aromatic amines is 1. The van der Waals surface area contributed by atoms with E-state index < -0.39 is 0 Å². The minimum atomic E-state index is -0.238. The maximum Gasteiger partial charge on any atom is 0.254 e. The van der Waals surface area contributed by atoms with Gasteiger partial charge in [-0.15, -0.1) is 0 Å². The first-order chi connectivity index (χ1) is 8.56. The quantitative estimate of drug-likeness (QED) is 0.788. The Hall–Kier alpha value is -1.58. The zero-order valence-corrected chi connectivity index (χ0v) is 11.4. The summed E-state index contributed by atoms with van der Waals surface area (Å²) in [6, 6.07) is 3.16. The van der Waals surface area contributed by atoms with Crippen molar-refractivity contribution in [3.05, 3.63) is 34.2 Å². The first-order valence-corrected chi connectivity index (χ1v) is 6.56. The van der Waals surface area contributed by atoms with Crippen LogP contribution in [-0.4, -0.2) is 28.4 Å². The van der Waals surface area contributed by atoms with E-state index in [0.717, 1.165) is 25.8 Å². The summed E-state index contributed by atoms with van der Waals surface area (Å²) in [5.41, 5.74) is 0.224. The van der Waals surface area contributed by atoms with Gasteiger partial charge in [0.25, 0.3) is 5.91 Å². The van der Waals surface area contributed by atoms with Gasteiger partial charge in [0.1, 0.15) is 0 Å². The molecule has 0 atom stereocenters. The lowest BCUT2D eigenvalue weighted by atomic mass is 10.1. The number of H-pyrrole nitrogens is 1. The molecule has 4 heteroatoms. The second-order valence-electron chi connectivity index (χ2n) is 4.74. The van der Waals surface area contributed by atoms with Crippen LogP contribution in [-0.2, 0) is 0 Å². The number of rotatable bonds is 6. The highest BCUT2D eigenvalue weighted by Crippen LogP contribution is 2.09. The van der Waals surface area contributed by atoms with Crippen molar-refractivity contribution in [2.75, 3.05) is 6.54 Å². The molecule has 1 aromatic heterocycles. The maximum absolute atomic E-state index is 12.3. The van der Waals surface area contributed by atoms with Gasteiger partial charge in [-0.25, -0.2) is 0 Å². The fourth-order valence-electron chi connectivity index (χ4n) is 1.87. The second kappa shape index (κ2) is 6.99. The Morgan fingerprint density at radius 2 is 2.11 bits per heavy atom. The number of unbranched alkanes of at least 4 members (excludes halogenated alkanes) is 2. The normalized spacial score (nSPS) is 10.7. The highest BCUT2D eigenvalue weighted by molar-refractivity contribution is 5.94. The van der Waals surface area contributed by atoms with E-state index in [1.54, 1.807) is 6.07 Å². The molecular weight excluding hydrogens is 228 g/mol. The molecular formula is C14H22N2O2. The predicted octanol–water partition coefficient (Wildman–Crippen LogP) is 2.42. The molecule has 1 rings (SSSR count). The molecule has 0 aliphatic rings. The third-order valence-corrected chi connectivity index (χ3v) is 2.91. The molecule has 100 valence electrons. The molecule has 1 aromatic rings. The van der Waals surface area contributed by atoms with Crippen LogP contribution in [0, 0.1) is 0 Å². The van der Waals surface area contributed by atoms with Gasteiger partial charge in [-0.3, -0.25) is 9.59 Å². The van der Waals surface area contributed by atoms with E-state index in [-0.39, 0.29) is 17.5 Å². The lowest BCUT2D eigenvalue weighted by molar-refractivity contribution is 0.0702. The number of aromatic nitrogens is 1. The highest BCUT2D eigenvalue weighted by atomic mass is 16.2. The van der Waals surface area contributed by atoms with Crippen LogP contribution in [0.25, 0.3) is 0 Å².